The van der Waals surface area contributed by atoms with Crippen molar-refractivity contribution in [2.75, 3.05) is 0 Å². The Morgan fingerprint density at radius 3 is 2.76 bits per heavy atom. The van der Waals surface area contributed by atoms with Crippen molar-refractivity contribution in [1.29, 1.82) is 0 Å². The first-order valence-electron chi connectivity index (χ1n) is 4.76. The maximum Gasteiger partial charge on any atom is 0.194 e. The molecular weight excluding hydrogens is 281 g/mol. The minimum atomic E-state index is 0.307. The summed E-state index contributed by atoms with van der Waals surface area (Å²) in [6, 6.07) is 5.09. The number of nitrogens with zero attached hydrogens (tertiary/aromatic N) is 2. The summed E-state index contributed by atoms with van der Waals surface area (Å²) in [6.45, 7) is 0.307. The average Bonchev–Trinajstić information content (AvgIpc) is 2.62. The molecule has 1 N–H and O–H groups in total. The molecule has 0 saturated carbocycles. The highest BCUT2D eigenvalue weighted by Gasteiger charge is 2.04. The van der Waals surface area contributed by atoms with Crippen molar-refractivity contribution in [2.24, 2.45) is 7.05 Å². The normalized spacial score (nSPS) is 10.5. The minimum absolute atomic E-state index is 0.307. The topological polar surface area (TPSA) is 42.8 Å². The highest BCUT2D eigenvalue weighted by Crippen LogP contribution is 2.26. The SMILES string of the molecule is Cn1c(COc2ccc(Cl)c(Cl)c2)n[nH]c1=S. The van der Waals surface area contributed by atoms with Crippen molar-refractivity contribution in [3.63, 3.8) is 0 Å². The molecule has 0 fully saturated rings. The van der Waals surface area contributed by atoms with Crippen LogP contribution in [-0.4, -0.2) is 14.8 Å². The lowest BCUT2D eigenvalue weighted by atomic mass is 10.3. The zero-order valence-corrected chi connectivity index (χ0v) is 11.2. The molecule has 0 unspecified atom stereocenters. The van der Waals surface area contributed by atoms with E-state index in [1.165, 1.54) is 0 Å². The Morgan fingerprint density at radius 2 is 2.18 bits per heavy atom. The van der Waals surface area contributed by atoms with E-state index in [2.05, 4.69) is 10.2 Å². The molecule has 1 aromatic heterocycles. The van der Waals surface area contributed by atoms with Crippen molar-refractivity contribution in [1.82, 2.24) is 14.8 Å². The summed E-state index contributed by atoms with van der Waals surface area (Å²) in [5.41, 5.74) is 0. The minimum Gasteiger partial charge on any atom is -0.486 e. The predicted molar refractivity (Wildman–Crippen MR) is 69.2 cm³/mol. The summed E-state index contributed by atoms with van der Waals surface area (Å²) in [4.78, 5) is 0. The van der Waals surface area contributed by atoms with Crippen LogP contribution in [0, 0.1) is 4.77 Å². The molecule has 0 saturated heterocycles. The van der Waals surface area contributed by atoms with Gasteiger partial charge in [-0.25, -0.2) is 0 Å². The molecule has 0 aliphatic carbocycles. The quantitative estimate of drug-likeness (QED) is 0.881. The van der Waals surface area contributed by atoms with Crippen molar-refractivity contribution in [2.45, 2.75) is 6.61 Å². The van der Waals surface area contributed by atoms with Gasteiger partial charge >= 0.3 is 0 Å². The molecular formula is C10H9Cl2N3OS. The van der Waals surface area contributed by atoms with E-state index in [9.17, 15) is 0 Å². The van der Waals surface area contributed by atoms with Crippen molar-refractivity contribution < 1.29 is 4.74 Å². The van der Waals surface area contributed by atoms with Gasteiger partial charge in [-0.2, -0.15) is 5.10 Å². The second kappa shape index (κ2) is 5.08. The van der Waals surface area contributed by atoms with Crippen LogP contribution >= 0.6 is 35.4 Å². The molecule has 0 aliphatic rings. The van der Waals surface area contributed by atoms with Crippen molar-refractivity contribution in [3.8, 4) is 5.75 Å². The van der Waals surface area contributed by atoms with Gasteiger partial charge < -0.3 is 9.30 Å². The highest BCUT2D eigenvalue weighted by molar-refractivity contribution is 7.71. The molecule has 0 spiro atoms. The van der Waals surface area contributed by atoms with Gasteiger partial charge in [0.15, 0.2) is 10.6 Å². The fourth-order valence-electron chi connectivity index (χ4n) is 1.22. The second-order valence-corrected chi connectivity index (χ2v) is 4.57. The van der Waals surface area contributed by atoms with Gasteiger partial charge in [0.05, 0.1) is 10.0 Å². The van der Waals surface area contributed by atoms with Gasteiger partial charge in [0.1, 0.15) is 12.4 Å². The lowest BCUT2D eigenvalue weighted by molar-refractivity contribution is 0.291. The van der Waals surface area contributed by atoms with Crippen molar-refractivity contribution in [3.05, 3.63) is 38.8 Å². The van der Waals surface area contributed by atoms with Crippen LogP contribution in [0.4, 0.5) is 0 Å². The molecule has 0 radical (unpaired) electrons. The van der Waals surface area contributed by atoms with Crippen LogP contribution < -0.4 is 4.74 Å². The first-order chi connectivity index (χ1) is 8.08. The summed E-state index contributed by atoms with van der Waals surface area (Å²) >= 11 is 16.7. The Hall–Kier alpha value is -1.04. The van der Waals surface area contributed by atoms with Crippen molar-refractivity contribution >= 4 is 35.4 Å². The maximum atomic E-state index is 5.88. The van der Waals surface area contributed by atoms with E-state index in [-0.39, 0.29) is 0 Å². The number of aromatic nitrogens is 3. The Bertz CT molecular complexity index is 593. The standard InChI is InChI=1S/C10H9Cl2N3OS/c1-15-9(13-14-10(15)17)5-16-6-2-3-7(11)8(12)4-6/h2-4H,5H2,1H3,(H,14,17). The number of halogens is 2. The van der Waals surface area contributed by atoms with Gasteiger partial charge in [0, 0.05) is 13.1 Å². The van der Waals surface area contributed by atoms with E-state index in [1.807, 2.05) is 7.05 Å². The number of rotatable bonds is 3. The van der Waals surface area contributed by atoms with Crippen LogP contribution in [0.1, 0.15) is 5.82 Å². The van der Waals surface area contributed by atoms with Crippen LogP contribution in [-0.2, 0) is 13.7 Å². The number of H-pyrrole nitrogens is 1. The molecule has 1 heterocycles. The second-order valence-electron chi connectivity index (χ2n) is 3.37. The van der Waals surface area contributed by atoms with Gasteiger partial charge in [-0.05, 0) is 24.4 Å². The van der Waals surface area contributed by atoms with E-state index in [1.54, 1.807) is 22.8 Å². The van der Waals surface area contributed by atoms with Crippen LogP contribution in [0.5, 0.6) is 5.75 Å². The fourth-order valence-corrected chi connectivity index (χ4v) is 1.66. The molecule has 90 valence electrons. The Kier molecular flexibility index (Phi) is 3.71. The van der Waals surface area contributed by atoms with Crippen LogP contribution in [0.15, 0.2) is 18.2 Å². The van der Waals surface area contributed by atoms with Gasteiger partial charge in [-0.1, -0.05) is 23.2 Å². The summed E-state index contributed by atoms with van der Waals surface area (Å²) in [7, 11) is 1.82. The molecule has 0 aliphatic heterocycles. The summed E-state index contributed by atoms with van der Waals surface area (Å²) < 4.78 is 7.83. The summed E-state index contributed by atoms with van der Waals surface area (Å²) in [5.74, 6) is 1.34. The van der Waals surface area contributed by atoms with Gasteiger partial charge in [0.2, 0.25) is 0 Å². The summed E-state index contributed by atoms with van der Waals surface area (Å²) in [6.07, 6.45) is 0. The Balaban J connectivity index is 2.10. The van der Waals surface area contributed by atoms with E-state index in [4.69, 9.17) is 40.2 Å². The number of hydrogen-bond donors (Lipinski definition) is 1. The van der Waals surface area contributed by atoms with E-state index in [0.29, 0.717) is 33.0 Å². The lowest BCUT2D eigenvalue weighted by Crippen LogP contribution is -2.03. The number of ether oxygens (including phenoxy) is 1. The molecule has 17 heavy (non-hydrogen) atoms. The number of nitrogens with one attached hydrogen (secondary N) is 1. The molecule has 7 heteroatoms. The smallest absolute Gasteiger partial charge is 0.194 e. The number of hydrogen-bond acceptors (Lipinski definition) is 3. The fraction of sp³-hybridized carbons (Fsp3) is 0.200. The maximum absolute atomic E-state index is 5.88. The zero-order chi connectivity index (χ0) is 12.4. The molecule has 1 aromatic carbocycles. The largest absolute Gasteiger partial charge is 0.486 e. The van der Waals surface area contributed by atoms with Gasteiger partial charge in [-0.3, -0.25) is 5.10 Å². The van der Waals surface area contributed by atoms with E-state index in [0.717, 1.165) is 0 Å². The number of benzene rings is 1. The third-order valence-electron chi connectivity index (χ3n) is 2.23. The van der Waals surface area contributed by atoms with Crippen LogP contribution in [0.25, 0.3) is 0 Å². The Morgan fingerprint density at radius 1 is 1.41 bits per heavy atom. The van der Waals surface area contributed by atoms with E-state index < -0.39 is 0 Å². The third-order valence-corrected chi connectivity index (χ3v) is 3.34. The summed E-state index contributed by atoms with van der Waals surface area (Å²) in [5, 5.41) is 7.67. The average molecular weight is 290 g/mol. The molecule has 2 rings (SSSR count). The molecule has 0 atom stereocenters. The highest BCUT2D eigenvalue weighted by atomic mass is 35.5. The van der Waals surface area contributed by atoms with Gasteiger partial charge in [0.25, 0.3) is 0 Å². The first kappa shape index (κ1) is 12.4. The monoisotopic (exact) mass is 289 g/mol. The Labute approximate surface area is 113 Å². The molecule has 0 amide bonds. The molecule has 2 aromatic rings. The first-order valence-corrected chi connectivity index (χ1v) is 5.92. The van der Waals surface area contributed by atoms with E-state index >= 15 is 0 Å². The molecule has 0 bridgehead atoms. The van der Waals surface area contributed by atoms with Gasteiger partial charge in [-0.15, -0.1) is 0 Å². The molecule has 4 nitrogen and oxygen atoms in total. The zero-order valence-electron chi connectivity index (χ0n) is 8.91. The lowest BCUT2D eigenvalue weighted by Gasteiger charge is -2.06. The third kappa shape index (κ3) is 2.80. The predicted octanol–water partition coefficient (Wildman–Crippen LogP) is 3.36. The van der Waals surface area contributed by atoms with Crippen LogP contribution in [0.3, 0.4) is 0 Å². The van der Waals surface area contributed by atoms with Crippen LogP contribution in [0.2, 0.25) is 10.0 Å². The number of aromatic amines is 1.